The average molecular weight is 401 g/mol. The minimum Gasteiger partial charge on any atom is -0.364 e. The molecule has 3 aromatic heterocycles. The third-order valence-corrected chi connectivity index (χ3v) is 4.73. The van der Waals surface area contributed by atoms with Crippen LogP contribution in [0.25, 0.3) is 22.5 Å². The van der Waals surface area contributed by atoms with E-state index in [-0.39, 0.29) is 0 Å². The molecule has 0 saturated heterocycles. The molecule has 0 radical (unpaired) electrons. The molecule has 1 aromatic carbocycles. The summed E-state index contributed by atoms with van der Waals surface area (Å²) in [4.78, 5) is 8.68. The number of rotatable bonds is 5. The van der Waals surface area contributed by atoms with Crippen molar-refractivity contribution < 1.29 is 0 Å². The van der Waals surface area contributed by atoms with Crippen molar-refractivity contribution in [2.24, 2.45) is 0 Å². The number of aromatic amines is 1. The predicted molar refractivity (Wildman–Crippen MR) is 113 cm³/mol. The Labute approximate surface area is 173 Å². The van der Waals surface area contributed by atoms with E-state index in [0.29, 0.717) is 17.1 Å². The van der Waals surface area contributed by atoms with Crippen molar-refractivity contribution in [1.82, 2.24) is 20.2 Å². The van der Waals surface area contributed by atoms with Crippen molar-refractivity contribution in [1.29, 1.82) is 5.26 Å². The lowest BCUT2D eigenvalue weighted by Gasteiger charge is -2.09. The Hall–Kier alpha value is -3.69. The summed E-state index contributed by atoms with van der Waals surface area (Å²) in [6.07, 6.45) is 3.37. The first kappa shape index (κ1) is 18.7. The van der Waals surface area contributed by atoms with E-state index in [0.717, 1.165) is 39.6 Å². The van der Waals surface area contributed by atoms with Crippen LogP contribution in [0.3, 0.4) is 0 Å². The monoisotopic (exact) mass is 400 g/mol. The van der Waals surface area contributed by atoms with E-state index < -0.39 is 0 Å². The molecular formula is C22H17ClN6. The minimum absolute atomic E-state index is 0.521. The Morgan fingerprint density at radius 3 is 2.76 bits per heavy atom. The molecule has 0 aliphatic heterocycles. The first-order chi connectivity index (χ1) is 14.1. The highest BCUT2D eigenvalue weighted by molar-refractivity contribution is 6.30. The van der Waals surface area contributed by atoms with E-state index in [2.05, 4.69) is 31.6 Å². The summed E-state index contributed by atoms with van der Waals surface area (Å²) in [5, 5.41) is 20.3. The zero-order valence-electron chi connectivity index (χ0n) is 15.6. The normalized spacial score (nSPS) is 10.5. The van der Waals surface area contributed by atoms with E-state index in [1.54, 1.807) is 18.5 Å². The van der Waals surface area contributed by atoms with Gasteiger partial charge in [-0.2, -0.15) is 10.4 Å². The van der Waals surface area contributed by atoms with E-state index >= 15 is 0 Å². The summed E-state index contributed by atoms with van der Waals surface area (Å²) >= 11 is 5.88. The Kier molecular flexibility index (Phi) is 5.23. The fraction of sp³-hybridized carbons (Fsp3) is 0.0909. The maximum absolute atomic E-state index is 9.04. The number of H-pyrrole nitrogens is 1. The van der Waals surface area contributed by atoms with Gasteiger partial charge in [0.1, 0.15) is 5.82 Å². The van der Waals surface area contributed by atoms with E-state index in [4.69, 9.17) is 16.9 Å². The number of nitrogens with zero attached hydrogens (tertiary/aromatic N) is 4. The number of nitriles is 1. The van der Waals surface area contributed by atoms with Crippen molar-refractivity contribution in [3.63, 3.8) is 0 Å². The Morgan fingerprint density at radius 2 is 2.00 bits per heavy atom. The molecule has 0 bridgehead atoms. The number of anilines is 1. The van der Waals surface area contributed by atoms with Gasteiger partial charge in [0, 0.05) is 12.4 Å². The molecule has 0 atom stereocenters. The van der Waals surface area contributed by atoms with Gasteiger partial charge in [-0.3, -0.25) is 10.1 Å². The quantitative estimate of drug-likeness (QED) is 0.493. The van der Waals surface area contributed by atoms with Gasteiger partial charge in [-0.15, -0.1) is 0 Å². The summed E-state index contributed by atoms with van der Waals surface area (Å²) in [5.41, 5.74) is 6.27. The number of pyridine rings is 2. The van der Waals surface area contributed by atoms with Gasteiger partial charge >= 0.3 is 0 Å². The van der Waals surface area contributed by atoms with Gasteiger partial charge in [0.25, 0.3) is 0 Å². The van der Waals surface area contributed by atoms with Gasteiger partial charge in [0.05, 0.1) is 40.3 Å². The highest BCUT2D eigenvalue weighted by Crippen LogP contribution is 2.26. The average Bonchev–Trinajstić information content (AvgIpc) is 3.22. The molecule has 0 aliphatic rings. The van der Waals surface area contributed by atoms with Crippen LogP contribution in [-0.4, -0.2) is 20.2 Å². The van der Waals surface area contributed by atoms with Crippen LogP contribution in [-0.2, 0) is 6.54 Å². The maximum Gasteiger partial charge on any atom is 0.126 e. The molecule has 4 aromatic rings. The van der Waals surface area contributed by atoms with Crippen LogP contribution < -0.4 is 5.32 Å². The van der Waals surface area contributed by atoms with Gasteiger partial charge in [-0.25, -0.2) is 4.98 Å². The first-order valence-corrected chi connectivity index (χ1v) is 9.37. The first-order valence-electron chi connectivity index (χ1n) is 8.99. The molecule has 7 heteroatoms. The van der Waals surface area contributed by atoms with Crippen molar-refractivity contribution in [2.45, 2.75) is 13.5 Å². The predicted octanol–water partition coefficient (Wildman–Crippen LogP) is 4.98. The number of benzene rings is 1. The van der Waals surface area contributed by atoms with Crippen molar-refractivity contribution in [2.75, 3.05) is 5.32 Å². The fourth-order valence-electron chi connectivity index (χ4n) is 3.05. The summed E-state index contributed by atoms with van der Waals surface area (Å²) in [7, 11) is 0. The van der Waals surface area contributed by atoms with Crippen LogP contribution in [0.4, 0.5) is 5.82 Å². The third kappa shape index (κ3) is 4.26. The highest BCUT2D eigenvalue weighted by atomic mass is 35.5. The zero-order valence-corrected chi connectivity index (χ0v) is 16.4. The largest absolute Gasteiger partial charge is 0.364 e. The molecule has 0 fully saturated rings. The summed E-state index contributed by atoms with van der Waals surface area (Å²) in [5.74, 6) is 0.750. The van der Waals surface area contributed by atoms with Gasteiger partial charge in [0.15, 0.2) is 0 Å². The zero-order chi connectivity index (χ0) is 20.2. The van der Waals surface area contributed by atoms with Crippen molar-refractivity contribution in [3.8, 4) is 28.6 Å². The molecule has 142 valence electrons. The second kappa shape index (κ2) is 8.13. The number of hydrogen-bond acceptors (Lipinski definition) is 5. The van der Waals surface area contributed by atoms with Crippen LogP contribution in [0.5, 0.6) is 0 Å². The molecule has 0 unspecified atom stereocenters. The molecule has 0 amide bonds. The van der Waals surface area contributed by atoms with Gasteiger partial charge in [-0.05, 0) is 66.1 Å². The van der Waals surface area contributed by atoms with Crippen molar-refractivity contribution >= 4 is 17.4 Å². The number of aromatic nitrogens is 4. The summed E-state index contributed by atoms with van der Waals surface area (Å²) < 4.78 is 0. The van der Waals surface area contributed by atoms with Crippen LogP contribution >= 0.6 is 11.6 Å². The number of hydrogen-bond donors (Lipinski definition) is 2. The summed E-state index contributed by atoms with van der Waals surface area (Å²) in [6, 6.07) is 17.4. The minimum atomic E-state index is 0.521. The van der Waals surface area contributed by atoms with E-state index in [9.17, 15) is 0 Å². The van der Waals surface area contributed by atoms with Gasteiger partial charge < -0.3 is 5.32 Å². The Balaban J connectivity index is 1.48. The van der Waals surface area contributed by atoms with Crippen LogP contribution in [0, 0.1) is 18.3 Å². The van der Waals surface area contributed by atoms with Gasteiger partial charge in [-0.1, -0.05) is 17.7 Å². The smallest absolute Gasteiger partial charge is 0.126 e. The lowest BCUT2D eigenvalue weighted by Crippen LogP contribution is -2.01. The number of halogens is 1. The lowest BCUT2D eigenvalue weighted by atomic mass is 9.99. The Morgan fingerprint density at radius 1 is 1.10 bits per heavy atom. The maximum atomic E-state index is 9.04. The number of nitrogens with one attached hydrogen (secondary N) is 2. The number of aryl methyl sites for hydroxylation is 1. The van der Waals surface area contributed by atoms with Crippen LogP contribution in [0.1, 0.15) is 16.8 Å². The lowest BCUT2D eigenvalue weighted by molar-refractivity contribution is 0.975. The molecule has 29 heavy (non-hydrogen) atoms. The molecule has 0 saturated carbocycles. The van der Waals surface area contributed by atoms with Gasteiger partial charge in [0.2, 0.25) is 0 Å². The SMILES string of the molecule is Cc1cc(C#N)ccc1-c1ccnc(NCc2cc(-c3ccc(Cl)cn3)[nH]n2)c1. The highest BCUT2D eigenvalue weighted by Gasteiger charge is 2.07. The third-order valence-electron chi connectivity index (χ3n) is 4.51. The molecule has 4 rings (SSSR count). The Bertz CT molecular complexity index is 1190. The molecule has 3 heterocycles. The molecular weight excluding hydrogens is 384 g/mol. The fourth-order valence-corrected chi connectivity index (χ4v) is 3.16. The van der Waals surface area contributed by atoms with Crippen LogP contribution in [0.15, 0.2) is 60.9 Å². The molecule has 0 aliphatic carbocycles. The molecule has 2 N–H and O–H groups in total. The second-order valence-electron chi connectivity index (χ2n) is 6.56. The topological polar surface area (TPSA) is 90.3 Å². The van der Waals surface area contributed by atoms with E-state index in [1.807, 2.05) is 49.4 Å². The second-order valence-corrected chi connectivity index (χ2v) is 7.00. The molecule has 6 nitrogen and oxygen atoms in total. The van der Waals surface area contributed by atoms with Crippen molar-refractivity contribution in [3.05, 3.63) is 82.8 Å². The summed E-state index contributed by atoms with van der Waals surface area (Å²) in [6.45, 7) is 2.52. The van der Waals surface area contributed by atoms with Crippen LogP contribution in [0.2, 0.25) is 5.02 Å². The standard InChI is InChI=1S/C22H17ClN6/c1-14-8-15(11-24)2-4-19(14)16-6-7-25-22(9-16)27-13-18-10-21(29-28-18)20-5-3-17(23)12-26-20/h2-10,12H,13H2,1H3,(H,25,27)(H,28,29). The van der Waals surface area contributed by atoms with E-state index in [1.165, 1.54) is 0 Å². The molecule has 0 spiro atoms.